The van der Waals surface area contributed by atoms with Crippen molar-refractivity contribution in [2.24, 2.45) is 7.05 Å². The van der Waals surface area contributed by atoms with Crippen molar-refractivity contribution in [3.05, 3.63) is 30.2 Å². The third-order valence-corrected chi connectivity index (χ3v) is 1.93. The highest BCUT2D eigenvalue weighted by molar-refractivity contribution is 5.53. The van der Waals surface area contributed by atoms with Crippen LogP contribution in [0.25, 0.3) is 0 Å². The highest BCUT2D eigenvalue weighted by atomic mass is 19.4. The molecule has 0 unspecified atom stereocenters. The van der Waals surface area contributed by atoms with Crippen molar-refractivity contribution in [3.8, 4) is 0 Å². The van der Waals surface area contributed by atoms with Crippen LogP contribution in [-0.2, 0) is 13.2 Å². The number of aryl methyl sites for hydroxylation is 1. The summed E-state index contributed by atoms with van der Waals surface area (Å²) in [6.07, 6.45) is -1.28. The van der Waals surface area contributed by atoms with E-state index in [2.05, 4.69) is 20.6 Å². The molecule has 0 atom stereocenters. The SMILES string of the molecule is Cn1cc(Nc2ccc(C(F)(F)F)nn2)cn1. The molecular formula is C9H8F3N5. The summed E-state index contributed by atoms with van der Waals surface area (Å²) >= 11 is 0. The van der Waals surface area contributed by atoms with Gasteiger partial charge in [-0.05, 0) is 12.1 Å². The summed E-state index contributed by atoms with van der Waals surface area (Å²) in [5.74, 6) is 0.228. The van der Waals surface area contributed by atoms with E-state index in [1.165, 1.54) is 12.3 Å². The summed E-state index contributed by atoms with van der Waals surface area (Å²) in [4.78, 5) is 0. The fourth-order valence-electron chi connectivity index (χ4n) is 1.18. The Balaban J connectivity index is 2.13. The Hall–Kier alpha value is -2.12. The first-order valence-corrected chi connectivity index (χ1v) is 4.62. The molecule has 0 aromatic carbocycles. The molecule has 0 saturated carbocycles. The van der Waals surface area contributed by atoms with Gasteiger partial charge in [-0.2, -0.15) is 18.3 Å². The molecule has 5 nitrogen and oxygen atoms in total. The van der Waals surface area contributed by atoms with Gasteiger partial charge in [0.25, 0.3) is 0 Å². The zero-order chi connectivity index (χ0) is 12.5. The van der Waals surface area contributed by atoms with Crippen LogP contribution < -0.4 is 5.32 Å². The smallest absolute Gasteiger partial charge is 0.336 e. The van der Waals surface area contributed by atoms with Gasteiger partial charge in [0.05, 0.1) is 11.9 Å². The van der Waals surface area contributed by atoms with E-state index in [0.29, 0.717) is 5.69 Å². The second kappa shape index (κ2) is 4.04. The first-order chi connectivity index (χ1) is 7.95. The minimum absolute atomic E-state index is 0.228. The van der Waals surface area contributed by atoms with Crippen LogP contribution in [0.4, 0.5) is 24.7 Å². The average Bonchev–Trinajstić information content (AvgIpc) is 2.63. The standard InChI is InChI=1S/C9H8F3N5/c1-17-5-6(4-13-17)14-8-3-2-7(15-16-8)9(10,11)12/h2-5H,1H3,(H,14,16). The number of hydrogen-bond donors (Lipinski definition) is 1. The van der Waals surface area contributed by atoms with E-state index in [9.17, 15) is 13.2 Å². The van der Waals surface area contributed by atoms with Crippen LogP contribution in [0.3, 0.4) is 0 Å². The predicted octanol–water partition coefficient (Wildman–Crippen LogP) is 1.97. The van der Waals surface area contributed by atoms with Gasteiger partial charge in [-0.25, -0.2) is 0 Å². The largest absolute Gasteiger partial charge is 0.435 e. The van der Waals surface area contributed by atoms with Gasteiger partial charge >= 0.3 is 6.18 Å². The number of rotatable bonds is 2. The quantitative estimate of drug-likeness (QED) is 0.876. The second-order valence-corrected chi connectivity index (χ2v) is 3.33. The molecule has 0 aliphatic rings. The number of anilines is 2. The molecule has 17 heavy (non-hydrogen) atoms. The van der Waals surface area contributed by atoms with Gasteiger partial charge in [-0.1, -0.05) is 0 Å². The monoisotopic (exact) mass is 243 g/mol. The van der Waals surface area contributed by atoms with Crippen molar-refractivity contribution in [1.29, 1.82) is 0 Å². The second-order valence-electron chi connectivity index (χ2n) is 3.33. The summed E-state index contributed by atoms with van der Waals surface area (Å²) in [5, 5.41) is 13.2. The predicted molar refractivity (Wildman–Crippen MR) is 53.5 cm³/mol. The average molecular weight is 243 g/mol. The van der Waals surface area contributed by atoms with E-state index >= 15 is 0 Å². The molecule has 0 radical (unpaired) electrons. The van der Waals surface area contributed by atoms with Crippen LogP contribution >= 0.6 is 0 Å². The minimum atomic E-state index is -4.47. The molecular weight excluding hydrogens is 235 g/mol. The Morgan fingerprint density at radius 1 is 1.24 bits per heavy atom. The lowest BCUT2D eigenvalue weighted by Gasteiger charge is -2.05. The van der Waals surface area contributed by atoms with Crippen LogP contribution in [0, 0.1) is 0 Å². The van der Waals surface area contributed by atoms with Gasteiger partial charge in [0, 0.05) is 13.2 Å². The Bertz CT molecular complexity index is 502. The first kappa shape index (κ1) is 11.4. The summed E-state index contributed by atoms with van der Waals surface area (Å²) in [7, 11) is 1.73. The Labute approximate surface area is 94.3 Å². The van der Waals surface area contributed by atoms with E-state index in [0.717, 1.165) is 6.07 Å². The van der Waals surface area contributed by atoms with Crippen molar-refractivity contribution >= 4 is 11.5 Å². The Morgan fingerprint density at radius 3 is 2.47 bits per heavy atom. The van der Waals surface area contributed by atoms with Crippen molar-refractivity contribution in [2.75, 3.05) is 5.32 Å². The van der Waals surface area contributed by atoms with E-state index in [1.807, 2.05) is 0 Å². The highest BCUT2D eigenvalue weighted by Gasteiger charge is 2.32. The number of nitrogens with one attached hydrogen (secondary N) is 1. The molecule has 2 aromatic heterocycles. The molecule has 2 rings (SSSR count). The van der Waals surface area contributed by atoms with Crippen molar-refractivity contribution < 1.29 is 13.2 Å². The lowest BCUT2D eigenvalue weighted by Crippen LogP contribution is -2.09. The van der Waals surface area contributed by atoms with E-state index < -0.39 is 11.9 Å². The molecule has 0 aliphatic heterocycles. The lowest BCUT2D eigenvalue weighted by atomic mass is 10.4. The third-order valence-electron chi connectivity index (χ3n) is 1.93. The van der Waals surface area contributed by atoms with Gasteiger partial charge in [0.15, 0.2) is 11.5 Å². The van der Waals surface area contributed by atoms with Crippen LogP contribution in [0.1, 0.15) is 5.69 Å². The maximum Gasteiger partial charge on any atom is 0.435 e. The summed E-state index contributed by atoms with van der Waals surface area (Å²) in [5.41, 5.74) is -0.393. The molecule has 2 aromatic rings. The van der Waals surface area contributed by atoms with Gasteiger partial charge in [-0.15, -0.1) is 10.2 Å². The van der Waals surface area contributed by atoms with Gasteiger partial charge < -0.3 is 5.32 Å². The molecule has 0 amide bonds. The first-order valence-electron chi connectivity index (χ1n) is 4.62. The molecule has 2 heterocycles. The number of halogens is 3. The molecule has 8 heteroatoms. The van der Waals surface area contributed by atoms with E-state index in [1.54, 1.807) is 17.9 Å². The van der Waals surface area contributed by atoms with Crippen molar-refractivity contribution in [2.45, 2.75) is 6.18 Å². The number of hydrogen-bond acceptors (Lipinski definition) is 4. The zero-order valence-electron chi connectivity index (χ0n) is 8.73. The lowest BCUT2D eigenvalue weighted by molar-refractivity contribution is -0.141. The van der Waals surface area contributed by atoms with E-state index in [-0.39, 0.29) is 5.82 Å². The Morgan fingerprint density at radius 2 is 2.00 bits per heavy atom. The Kier molecular flexibility index (Phi) is 2.70. The molecule has 0 bridgehead atoms. The summed E-state index contributed by atoms with van der Waals surface area (Å²) in [6.45, 7) is 0. The molecule has 0 fully saturated rings. The zero-order valence-corrected chi connectivity index (χ0v) is 8.73. The molecule has 0 spiro atoms. The van der Waals surface area contributed by atoms with E-state index in [4.69, 9.17) is 0 Å². The van der Waals surface area contributed by atoms with Crippen LogP contribution in [0.5, 0.6) is 0 Å². The number of nitrogens with zero attached hydrogens (tertiary/aromatic N) is 4. The number of alkyl halides is 3. The number of aromatic nitrogens is 4. The topological polar surface area (TPSA) is 55.6 Å². The molecule has 90 valence electrons. The third kappa shape index (κ3) is 2.71. The van der Waals surface area contributed by atoms with Gasteiger partial charge in [0.1, 0.15) is 0 Å². The summed E-state index contributed by atoms with van der Waals surface area (Å²) < 4.78 is 38.2. The molecule has 0 saturated heterocycles. The van der Waals surface area contributed by atoms with Gasteiger partial charge in [-0.3, -0.25) is 4.68 Å². The fourth-order valence-corrected chi connectivity index (χ4v) is 1.18. The van der Waals surface area contributed by atoms with Crippen LogP contribution in [-0.4, -0.2) is 20.0 Å². The van der Waals surface area contributed by atoms with Crippen LogP contribution in [0.15, 0.2) is 24.5 Å². The summed E-state index contributed by atoms with van der Waals surface area (Å²) in [6, 6.07) is 2.08. The molecule has 0 aliphatic carbocycles. The van der Waals surface area contributed by atoms with Crippen molar-refractivity contribution in [1.82, 2.24) is 20.0 Å². The van der Waals surface area contributed by atoms with Crippen LogP contribution in [0.2, 0.25) is 0 Å². The maximum atomic E-state index is 12.2. The normalized spacial score (nSPS) is 11.5. The van der Waals surface area contributed by atoms with Crippen molar-refractivity contribution in [3.63, 3.8) is 0 Å². The fraction of sp³-hybridized carbons (Fsp3) is 0.222. The highest BCUT2D eigenvalue weighted by Crippen LogP contribution is 2.27. The van der Waals surface area contributed by atoms with Gasteiger partial charge in [0.2, 0.25) is 0 Å². The molecule has 1 N–H and O–H groups in total. The maximum absolute atomic E-state index is 12.2. The minimum Gasteiger partial charge on any atom is -0.336 e.